The van der Waals surface area contributed by atoms with Crippen LogP contribution >= 0.6 is 0 Å². The molecule has 0 spiro atoms. The van der Waals surface area contributed by atoms with E-state index < -0.39 is 19.5 Å². The van der Waals surface area contributed by atoms with Crippen molar-refractivity contribution in [2.45, 2.75) is 76.1 Å². The minimum Gasteiger partial charge on any atom is -0.254 e. The van der Waals surface area contributed by atoms with E-state index in [-0.39, 0.29) is 8.87 Å². The van der Waals surface area contributed by atoms with Gasteiger partial charge in [0, 0.05) is 23.2 Å². The molecule has 3 aromatic rings. The third kappa shape index (κ3) is 6.09. The van der Waals surface area contributed by atoms with Crippen LogP contribution in [0.3, 0.4) is 0 Å². The van der Waals surface area contributed by atoms with Crippen LogP contribution < -0.4 is 0 Å². The van der Waals surface area contributed by atoms with Gasteiger partial charge >= 0.3 is 73.7 Å². The maximum atomic E-state index is 13.0. The van der Waals surface area contributed by atoms with E-state index in [2.05, 4.69) is 49.8 Å². The van der Waals surface area contributed by atoms with Gasteiger partial charge in [0.1, 0.15) is 0 Å². The Balaban J connectivity index is 0.000000237. The van der Waals surface area contributed by atoms with Crippen LogP contribution in [0.1, 0.15) is 61.8 Å². The Kier molecular flexibility index (Phi) is 8.80. The van der Waals surface area contributed by atoms with Crippen molar-refractivity contribution in [1.29, 1.82) is 0 Å². The summed E-state index contributed by atoms with van der Waals surface area (Å²) in [4.78, 5) is 9.16. The van der Waals surface area contributed by atoms with Gasteiger partial charge in [-0.1, -0.05) is 12.1 Å². The standard InChI is InChI=1S/C16H16N2.2C4H9.2FH.Sn/c1-9-7-17-15-13(11(9)3)5-6-14-12(4)10(2)8-18-16(14)15;2*1-3-4-2;;;/h5-8H,1-4H3;2*1,3-4H2,2H3;2*1H;/q;;;;;+2/p-2. The number of rotatable bonds is 6. The number of pyridine rings is 2. The molecule has 0 unspecified atom stereocenters. The Labute approximate surface area is 179 Å². The van der Waals surface area contributed by atoms with Crippen LogP contribution in [0, 0.1) is 27.7 Å². The van der Waals surface area contributed by atoms with Gasteiger partial charge in [-0.25, -0.2) is 0 Å². The monoisotopic (exact) mass is 508 g/mol. The van der Waals surface area contributed by atoms with Crippen molar-refractivity contribution < 1.29 is 5.73 Å². The largest absolute Gasteiger partial charge is 0.254 e. The van der Waals surface area contributed by atoms with Crippen molar-refractivity contribution in [2.75, 3.05) is 0 Å². The molecule has 0 radical (unpaired) electrons. The van der Waals surface area contributed by atoms with E-state index in [1.54, 1.807) is 0 Å². The molecule has 5 heteroatoms. The van der Waals surface area contributed by atoms with E-state index >= 15 is 0 Å². The van der Waals surface area contributed by atoms with Crippen LogP contribution in [0.15, 0.2) is 24.5 Å². The second-order valence-electron chi connectivity index (χ2n) is 8.05. The summed E-state index contributed by atoms with van der Waals surface area (Å²) in [5.41, 5.74) is 7.07. The zero-order valence-corrected chi connectivity index (χ0v) is 21.6. The molecule has 158 valence electrons. The summed E-state index contributed by atoms with van der Waals surface area (Å²) in [6.45, 7) is 12.4. The summed E-state index contributed by atoms with van der Waals surface area (Å²) in [6, 6.07) is 4.34. The maximum Gasteiger partial charge on any atom is 0.0967 e. The van der Waals surface area contributed by atoms with Crippen molar-refractivity contribution in [3.05, 3.63) is 46.8 Å². The summed E-state index contributed by atoms with van der Waals surface area (Å²) >= 11 is -4.44. The van der Waals surface area contributed by atoms with Crippen molar-refractivity contribution in [2.24, 2.45) is 0 Å². The topological polar surface area (TPSA) is 25.8 Å². The molecule has 29 heavy (non-hydrogen) atoms. The fraction of sp³-hybridized carbons (Fsp3) is 0.500. The summed E-state index contributed by atoms with van der Waals surface area (Å²) in [7, 11) is 0. The van der Waals surface area contributed by atoms with Gasteiger partial charge in [0.25, 0.3) is 0 Å². The molecule has 0 atom stereocenters. The first-order valence-corrected chi connectivity index (χ1v) is 16.9. The number of aryl methyl sites for hydroxylation is 4. The van der Waals surface area contributed by atoms with Crippen molar-refractivity contribution >= 4 is 41.3 Å². The quantitative estimate of drug-likeness (QED) is 0.250. The van der Waals surface area contributed by atoms with Gasteiger partial charge in [0.15, 0.2) is 0 Å². The average Bonchev–Trinajstić information content (AvgIpc) is 2.70. The number of fused-ring (bicyclic) bond motifs is 3. The van der Waals surface area contributed by atoms with E-state index in [1.807, 2.05) is 26.2 Å². The van der Waals surface area contributed by atoms with Crippen LogP contribution in [-0.4, -0.2) is 29.5 Å². The molecule has 2 heterocycles. The van der Waals surface area contributed by atoms with Gasteiger partial charge in [-0.3, -0.25) is 9.97 Å². The van der Waals surface area contributed by atoms with E-state index in [9.17, 15) is 5.73 Å². The number of hydrogen-bond acceptors (Lipinski definition) is 2. The normalized spacial score (nSPS) is 11.6. The van der Waals surface area contributed by atoms with Gasteiger partial charge in [0.05, 0.1) is 11.0 Å². The fourth-order valence-corrected chi connectivity index (χ4v) is 9.07. The molecule has 1 aromatic carbocycles. The molecule has 2 nitrogen and oxygen atoms in total. The molecular weight excluding hydrogens is 473 g/mol. The van der Waals surface area contributed by atoms with Gasteiger partial charge in [-0.15, -0.1) is 0 Å². The van der Waals surface area contributed by atoms with Crippen LogP contribution in [0.2, 0.25) is 8.87 Å². The zero-order valence-electron chi connectivity index (χ0n) is 18.7. The average molecular weight is 507 g/mol. The van der Waals surface area contributed by atoms with Gasteiger partial charge < -0.3 is 0 Å². The van der Waals surface area contributed by atoms with Gasteiger partial charge in [-0.05, 0) is 49.9 Å². The first-order chi connectivity index (χ1) is 13.7. The summed E-state index contributed by atoms with van der Waals surface area (Å²) in [5, 5.41) is 2.41. The van der Waals surface area contributed by atoms with Crippen molar-refractivity contribution in [3.63, 3.8) is 0 Å². The number of unbranched alkanes of at least 4 members (excludes halogenated alkanes) is 2. The third-order valence-electron chi connectivity index (χ3n) is 5.71. The number of hydrogen-bond donors (Lipinski definition) is 0. The van der Waals surface area contributed by atoms with Crippen LogP contribution in [0.5, 0.6) is 0 Å². The summed E-state index contributed by atoms with van der Waals surface area (Å²) in [6.07, 6.45) is 7.19. The molecule has 0 saturated carbocycles. The van der Waals surface area contributed by atoms with Crippen LogP contribution in [-0.2, 0) is 0 Å². The third-order valence-corrected chi connectivity index (χ3v) is 11.9. The Hall–Kier alpha value is -1.30. The molecule has 0 saturated heterocycles. The molecular formula is C24H34F2N2Sn. The molecule has 0 amide bonds. The SMILES string of the molecule is CCC[CH2][Sn]([F])([F])[CH2]CCC.Cc1cnc2c(ccc3c(C)c(C)cnc32)c1C. The first-order valence-electron chi connectivity index (χ1n) is 10.7. The first kappa shape index (κ1) is 24.0. The number of benzene rings is 1. The molecule has 3 rings (SSSR count). The van der Waals surface area contributed by atoms with E-state index in [4.69, 9.17) is 0 Å². The van der Waals surface area contributed by atoms with Crippen molar-refractivity contribution in [3.8, 4) is 0 Å². The molecule has 0 N–H and O–H groups in total. The zero-order chi connectivity index (χ0) is 21.6. The Morgan fingerprint density at radius 1 is 0.724 bits per heavy atom. The second kappa shape index (κ2) is 10.6. The number of aromatic nitrogens is 2. The summed E-state index contributed by atoms with van der Waals surface area (Å²) < 4.78 is 26.6. The predicted molar refractivity (Wildman–Crippen MR) is 123 cm³/mol. The summed E-state index contributed by atoms with van der Waals surface area (Å²) in [5.74, 6) is 0. The molecule has 0 aliphatic carbocycles. The second-order valence-corrected chi connectivity index (χ2v) is 15.8. The smallest absolute Gasteiger partial charge is 0.0967 e. The minimum absolute atomic E-state index is 0.283. The van der Waals surface area contributed by atoms with E-state index in [1.165, 1.54) is 33.0 Å². The van der Waals surface area contributed by atoms with Gasteiger partial charge in [0.2, 0.25) is 0 Å². The number of halogens is 2. The van der Waals surface area contributed by atoms with E-state index in [0.717, 1.165) is 36.7 Å². The Morgan fingerprint density at radius 2 is 1.10 bits per heavy atom. The maximum absolute atomic E-state index is 13.0. The van der Waals surface area contributed by atoms with Gasteiger partial charge in [-0.2, -0.15) is 0 Å². The number of nitrogens with zero attached hydrogens (tertiary/aromatic N) is 2. The van der Waals surface area contributed by atoms with Crippen LogP contribution in [0.25, 0.3) is 21.8 Å². The minimum atomic E-state index is -4.44. The molecule has 0 bridgehead atoms. The Bertz CT molecular complexity index is 893. The van der Waals surface area contributed by atoms with E-state index in [0.29, 0.717) is 0 Å². The molecule has 0 aliphatic rings. The fourth-order valence-electron chi connectivity index (χ4n) is 3.38. The molecule has 2 aromatic heterocycles. The van der Waals surface area contributed by atoms with Crippen LogP contribution in [0.4, 0.5) is 5.73 Å². The van der Waals surface area contributed by atoms with Crippen molar-refractivity contribution in [1.82, 2.24) is 9.97 Å². The molecule has 0 aliphatic heterocycles. The molecule has 0 fully saturated rings. The Morgan fingerprint density at radius 3 is 1.45 bits per heavy atom. The predicted octanol–water partition coefficient (Wildman–Crippen LogP) is 7.98.